The van der Waals surface area contributed by atoms with E-state index in [9.17, 15) is 15.0 Å². The topological polar surface area (TPSA) is 73.2 Å². The lowest BCUT2D eigenvalue weighted by Gasteiger charge is -2.25. The van der Waals surface area contributed by atoms with Crippen molar-refractivity contribution in [2.24, 2.45) is 5.41 Å². The van der Waals surface area contributed by atoms with Gasteiger partial charge in [0.2, 0.25) is 0 Å². The molecule has 0 spiro atoms. The first-order chi connectivity index (χ1) is 19.1. The highest BCUT2D eigenvalue weighted by Crippen LogP contribution is 2.50. The summed E-state index contributed by atoms with van der Waals surface area (Å²) in [5, 5.41) is 24.3. The molecule has 3 aromatic carbocycles. The Morgan fingerprint density at radius 2 is 1.85 bits per heavy atom. The molecule has 1 aliphatic rings. The number of carbonyl (C=O) groups is 1. The Bertz CT molecular complexity index is 1550. The van der Waals surface area contributed by atoms with Crippen molar-refractivity contribution in [1.29, 1.82) is 0 Å². The highest BCUT2D eigenvalue weighted by atomic mass is 35.5. The van der Waals surface area contributed by atoms with E-state index < -0.39 is 17.0 Å². The van der Waals surface area contributed by atoms with Crippen LogP contribution in [0.4, 0.5) is 0 Å². The number of aliphatic carboxylic acids is 1. The summed E-state index contributed by atoms with van der Waals surface area (Å²) in [5.74, 6) is -0.400. The quantitative estimate of drug-likeness (QED) is 0.206. The van der Waals surface area contributed by atoms with E-state index in [1.807, 2.05) is 74.5 Å². The number of thioether (sulfide) groups is 1. The third-order valence-corrected chi connectivity index (χ3v) is 9.47. The van der Waals surface area contributed by atoms with Gasteiger partial charge in [-0.1, -0.05) is 78.3 Å². The maximum absolute atomic E-state index is 11.8. The lowest BCUT2D eigenvalue weighted by atomic mass is 9.90. The molecule has 0 aliphatic heterocycles. The smallest absolute Gasteiger partial charge is 0.0843 e. The standard InChI is InChI=1S/C34H34ClNO3S/c1-33(2,39)29-9-4-3-7-24(29)13-17-31(40-22-34(18-19-34)32(37)38)26-8-5-6-23(20-26)10-15-28-16-12-25-11-14-27(35)21-30(25)36-28/h3-12,14-16,20-21,31,39H,13,17-19,22H2,1-2H3,(H,37,38)/p-1/t31-/m0/s1. The van der Waals surface area contributed by atoms with E-state index in [-0.39, 0.29) is 5.25 Å². The molecule has 1 fully saturated rings. The van der Waals surface area contributed by atoms with Gasteiger partial charge in [0.1, 0.15) is 0 Å². The molecular formula is C34H33ClNO3S-. The van der Waals surface area contributed by atoms with Crippen LogP contribution in [0.5, 0.6) is 0 Å². The number of hydrogen-bond donors (Lipinski definition) is 1. The second-order valence-corrected chi connectivity index (χ2v) is 12.8. The molecule has 0 amide bonds. The summed E-state index contributed by atoms with van der Waals surface area (Å²) in [6.07, 6.45) is 7.01. The minimum Gasteiger partial charge on any atom is -0.550 e. The van der Waals surface area contributed by atoms with E-state index in [0.29, 0.717) is 23.6 Å². The zero-order chi connectivity index (χ0) is 28.3. The molecule has 206 valence electrons. The first kappa shape index (κ1) is 28.4. The van der Waals surface area contributed by atoms with Gasteiger partial charge < -0.3 is 15.0 Å². The third kappa shape index (κ3) is 6.77. The van der Waals surface area contributed by atoms with Crippen LogP contribution in [0.15, 0.2) is 78.9 Å². The summed E-state index contributed by atoms with van der Waals surface area (Å²) >= 11 is 7.85. The first-order valence-corrected chi connectivity index (χ1v) is 15.0. The predicted octanol–water partition coefficient (Wildman–Crippen LogP) is 7.22. The lowest BCUT2D eigenvalue weighted by Crippen LogP contribution is -2.34. The van der Waals surface area contributed by atoms with Crippen LogP contribution in [0.25, 0.3) is 23.1 Å². The van der Waals surface area contributed by atoms with Crippen molar-refractivity contribution in [2.45, 2.75) is 50.4 Å². The number of aliphatic hydroxyl groups is 1. The molecule has 0 bridgehead atoms. The SMILES string of the molecule is CC(C)(O)c1ccccc1CC[C@H](SCC1(C(=O)[O-])CC1)c1cccc(C=Cc2ccc3ccc(Cl)cc3n2)c1. The van der Waals surface area contributed by atoms with Crippen molar-refractivity contribution < 1.29 is 15.0 Å². The van der Waals surface area contributed by atoms with E-state index in [0.717, 1.165) is 51.7 Å². The second kappa shape index (κ2) is 11.8. The number of pyridine rings is 1. The molecule has 4 aromatic rings. The molecule has 0 radical (unpaired) electrons. The Kier molecular flexibility index (Phi) is 8.37. The molecule has 4 nitrogen and oxygen atoms in total. The molecule has 0 saturated heterocycles. The van der Waals surface area contributed by atoms with E-state index in [1.165, 1.54) is 0 Å². The number of rotatable bonds is 11. The zero-order valence-corrected chi connectivity index (χ0v) is 24.3. The molecule has 1 atom stereocenters. The average molecular weight is 571 g/mol. The Morgan fingerprint density at radius 3 is 2.60 bits per heavy atom. The number of carboxylic acids is 1. The van der Waals surface area contributed by atoms with Crippen LogP contribution in [-0.4, -0.2) is 21.8 Å². The minimum absolute atomic E-state index is 0.0981. The van der Waals surface area contributed by atoms with Gasteiger partial charge in [-0.2, -0.15) is 11.8 Å². The van der Waals surface area contributed by atoms with E-state index in [4.69, 9.17) is 16.6 Å². The van der Waals surface area contributed by atoms with Crippen molar-refractivity contribution in [2.75, 3.05) is 5.75 Å². The van der Waals surface area contributed by atoms with Crippen LogP contribution in [-0.2, 0) is 16.8 Å². The van der Waals surface area contributed by atoms with Gasteiger partial charge >= 0.3 is 0 Å². The van der Waals surface area contributed by atoms with Gasteiger partial charge in [0.25, 0.3) is 0 Å². The maximum atomic E-state index is 11.8. The summed E-state index contributed by atoms with van der Waals surface area (Å²) in [6, 6.07) is 26.1. The Labute approximate surface area is 245 Å². The van der Waals surface area contributed by atoms with E-state index in [2.05, 4.69) is 30.3 Å². The van der Waals surface area contributed by atoms with Gasteiger partial charge in [0, 0.05) is 32.8 Å². The van der Waals surface area contributed by atoms with Crippen LogP contribution in [0.1, 0.15) is 66.3 Å². The van der Waals surface area contributed by atoms with Crippen LogP contribution < -0.4 is 5.11 Å². The van der Waals surface area contributed by atoms with Crippen molar-refractivity contribution in [3.63, 3.8) is 0 Å². The Hall–Kier alpha value is -3.12. The third-order valence-electron chi connectivity index (χ3n) is 7.60. The van der Waals surface area contributed by atoms with Gasteiger partial charge in [0.05, 0.1) is 16.8 Å². The van der Waals surface area contributed by atoms with Crippen molar-refractivity contribution >= 4 is 52.4 Å². The summed E-state index contributed by atoms with van der Waals surface area (Å²) in [4.78, 5) is 16.5. The number of aryl methyl sites for hydroxylation is 1. The second-order valence-electron chi connectivity index (χ2n) is 11.2. The number of carboxylic acid groups (broad SMARTS) is 1. The van der Waals surface area contributed by atoms with Gasteiger partial charge in [-0.3, -0.25) is 0 Å². The Morgan fingerprint density at radius 1 is 1.07 bits per heavy atom. The molecule has 1 saturated carbocycles. The molecule has 1 heterocycles. The molecule has 40 heavy (non-hydrogen) atoms. The number of carbonyl (C=O) groups excluding carboxylic acids is 1. The molecule has 6 heteroatoms. The van der Waals surface area contributed by atoms with Crippen molar-refractivity contribution in [1.82, 2.24) is 4.98 Å². The minimum atomic E-state index is -0.938. The van der Waals surface area contributed by atoms with Crippen LogP contribution >= 0.6 is 23.4 Å². The highest BCUT2D eigenvalue weighted by molar-refractivity contribution is 7.99. The molecule has 1 aliphatic carbocycles. The number of hydrogen-bond acceptors (Lipinski definition) is 5. The van der Waals surface area contributed by atoms with Crippen LogP contribution in [0.3, 0.4) is 0 Å². The largest absolute Gasteiger partial charge is 0.550 e. The number of benzene rings is 3. The highest BCUT2D eigenvalue weighted by Gasteiger charge is 2.44. The van der Waals surface area contributed by atoms with Crippen LogP contribution in [0.2, 0.25) is 5.02 Å². The fourth-order valence-electron chi connectivity index (χ4n) is 5.03. The van der Waals surface area contributed by atoms with Gasteiger partial charge in [-0.05, 0) is 86.1 Å². The van der Waals surface area contributed by atoms with E-state index >= 15 is 0 Å². The monoisotopic (exact) mass is 570 g/mol. The molecular weight excluding hydrogens is 538 g/mol. The van der Waals surface area contributed by atoms with Gasteiger partial charge in [0.15, 0.2) is 0 Å². The van der Waals surface area contributed by atoms with Crippen molar-refractivity contribution in [3.8, 4) is 0 Å². The Balaban J connectivity index is 1.38. The molecule has 1 aromatic heterocycles. The first-order valence-electron chi connectivity index (χ1n) is 13.6. The van der Waals surface area contributed by atoms with E-state index in [1.54, 1.807) is 11.8 Å². The van der Waals surface area contributed by atoms with Crippen LogP contribution in [0, 0.1) is 5.41 Å². The summed E-state index contributed by atoms with van der Waals surface area (Å²) < 4.78 is 0. The fourth-order valence-corrected chi connectivity index (χ4v) is 6.75. The predicted molar refractivity (Wildman–Crippen MR) is 164 cm³/mol. The average Bonchev–Trinajstić information content (AvgIpc) is 3.73. The normalized spacial score (nSPS) is 15.4. The molecule has 1 N–H and O–H groups in total. The van der Waals surface area contributed by atoms with Gasteiger partial charge in [-0.15, -0.1) is 0 Å². The number of halogens is 1. The zero-order valence-electron chi connectivity index (χ0n) is 22.8. The lowest BCUT2D eigenvalue weighted by molar-refractivity contribution is -0.312. The maximum Gasteiger partial charge on any atom is 0.0843 e. The fraction of sp³-hybridized carbons (Fsp3) is 0.294. The summed E-state index contributed by atoms with van der Waals surface area (Å²) in [7, 11) is 0. The summed E-state index contributed by atoms with van der Waals surface area (Å²) in [6.45, 7) is 3.62. The summed E-state index contributed by atoms with van der Waals surface area (Å²) in [5.41, 5.74) is 4.31. The van der Waals surface area contributed by atoms with Crippen molar-refractivity contribution in [3.05, 3.63) is 112 Å². The number of nitrogens with zero attached hydrogens (tertiary/aromatic N) is 1. The van der Waals surface area contributed by atoms with Gasteiger partial charge in [-0.25, -0.2) is 4.98 Å². The molecule has 5 rings (SSSR count). The molecule has 0 unspecified atom stereocenters. The number of fused-ring (bicyclic) bond motifs is 1. The number of aromatic nitrogens is 1.